The summed E-state index contributed by atoms with van der Waals surface area (Å²) >= 11 is 0. The van der Waals surface area contributed by atoms with Gasteiger partial charge in [0.05, 0.1) is 13.7 Å². The molecular weight excluding hydrogens is 377 g/mol. The third kappa shape index (κ3) is 4.99. The molecule has 0 bridgehead atoms. The molecule has 7 heteroatoms. The van der Waals surface area contributed by atoms with Crippen molar-refractivity contribution in [2.45, 2.75) is 31.4 Å². The van der Waals surface area contributed by atoms with E-state index in [4.69, 9.17) is 9.47 Å². The summed E-state index contributed by atoms with van der Waals surface area (Å²) in [5, 5.41) is 0. The normalized spacial score (nSPS) is 18.3. The molecule has 2 atom stereocenters. The quantitative estimate of drug-likeness (QED) is 0.529. The van der Waals surface area contributed by atoms with Crippen LogP contribution in [0.15, 0.2) is 54.6 Å². The Balaban J connectivity index is 1.65. The molecule has 0 radical (unpaired) electrons. The van der Waals surface area contributed by atoms with Gasteiger partial charge in [-0.15, -0.1) is 0 Å². The van der Waals surface area contributed by atoms with Gasteiger partial charge in [-0.05, 0) is 12.1 Å². The summed E-state index contributed by atoms with van der Waals surface area (Å²) in [7, 11) is 1.25. The van der Waals surface area contributed by atoms with Crippen molar-refractivity contribution < 1.29 is 28.2 Å². The van der Waals surface area contributed by atoms with Gasteiger partial charge < -0.3 is 14.4 Å². The third-order valence-corrected chi connectivity index (χ3v) is 4.85. The van der Waals surface area contributed by atoms with Crippen molar-refractivity contribution in [3.8, 4) is 5.75 Å². The van der Waals surface area contributed by atoms with E-state index in [0.29, 0.717) is 5.56 Å². The van der Waals surface area contributed by atoms with Gasteiger partial charge in [0.2, 0.25) is 5.91 Å². The van der Waals surface area contributed by atoms with Crippen molar-refractivity contribution in [2.75, 3.05) is 13.7 Å². The SMILES string of the molecule is COC(=O)[C@@H]1C[C@H](Oc2ccccc2F)CN1C(=O)CCC(=O)c1ccccc1. The zero-order chi connectivity index (χ0) is 20.8. The molecule has 0 aliphatic carbocycles. The number of carbonyl (C=O) groups is 3. The van der Waals surface area contributed by atoms with Crippen LogP contribution in [0.2, 0.25) is 0 Å². The van der Waals surface area contributed by atoms with E-state index in [1.807, 2.05) is 6.07 Å². The summed E-state index contributed by atoms with van der Waals surface area (Å²) in [6.07, 6.45) is -0.358. The van der Waals surface area contributed by atoms with E-state index in [9.17, 15) is 18.8 Å². The lowest BCUT2D eigenvalue weighted by atomic mass is 10.1. The van der Waals surface area contributed by atoms with Gasteiger partial charge in [0, 0.05) is 24.8 Å². The van der Waals surface area contributed by atoms with E-state index < -0.39 is 23.9 Å². The van der Waals surface area contributed by atoms with Crippen LogP contribution in [0, 0.1) is 5.82 Å². The Morgan fingerprint density at radius 2 is 1.72 bits per heavy atom. The van der Waals surface area contributed by atoms with Gasteiger partial charge in [0.15, 0.2) is 17.3 Å². The zero-order valence-corrected chi connectivity index (χ0v) is 16.0. The maximum absolute atomic E-state index is 13.9. The van der Waals surface area contributed by atoms with Crippen LogP contribution in [-0.4, -0.2) is 48.4 Å². The molecule has 0 N–H and O–H groups in total. The molecule has 1 aliphatic rings. The number of ketones is 1. The third-order valence-electron chi connectivity index (χ3n) is 4.85. The number of likely N-dealkylation sites (tertiary alicyclic amines) is 1. The molecule has 29 heavy (non-hydrogen) atoms. The first kappa shape index (κ1) is 20.5. The second-order valence-electron chi connectivity index (χ2n) is 6.78. The summed E-state index contributed by atoms with van der Waals surface area (Å²) in [5.74, 6) is -1.50. The number of hydrogen-bond acceptors (Lipinski definition) is 5. The Kier molecular flexibility index (Phi) is 6.59. The van der Waals surface area contributed by atoms with E-state index in [1.165, 1.54) is 24.1 Å². The Hall–Kier alpha value is -3.22. The van der Waals surface area contributed by atoms with Crippen molar-refractivity contribution in [3.05, 3.63) is 66.0 Å². The molecule has 0 aromatic heterocycles. The van der Waals surface area contributed by atoms with Gasteiger partial charge in [-0.2, -0.15) is 0 Å². The molecule has 1 aliphatic heterocycles. The van der Waals surface area contributed by atoms with Gasteiger partial charge in [-0.3, -0.25) is 9.59 Å². The van der Waals surface area contributed by atoms with E-state index in [-0.39, 0.29) is 43.2 Å². The molecule has 0 unspecified atom stereocenters. The number of amides is 1. The van der Waals surface area contributed by atoms with Crippen LogP contribution in [-0.2, 0) is 14.3 Å². The van der Waals surface area contributed by atoms with Gasteiger partial charge in [0.1, 0.15) is 12.1 Å². The molecule has 0 saturated carbocycles. The van der Waals surface area contributed by atoms with Gasteiger partial charge in [-0.1, -0.05) is 42.5 Å². The average Bonchev–Trinajstić information content (AvgIpc) is 3.17. The minimum absolute atomic E-state index is 0.0338. The zero-order valence-electron chi connectivity index (χ0n) is 16.0. The molecule has 152 valence electrons. The Bertz CT molecular complexity index is 886. The smallest absolute Gasteiger partial charge is 0.328 e. The number of hydrogen-bond donors (Lipinski definition) is 0. The fourth-order valence-electron chi connectivity index (χ4n) is 3.37. The van der Waals surface area contributed by atoms with Crippen molar-refractivity contribution in [1.29, 1.82) is 0 Å². The highest BCUT2D eigenvalue weighted by molar-refractivity contribution is 5.98. The first-order valence-electron chi connectivity index (χ1n) is 9.36. The monoisotopic (exact) mass is 399 g/mol. The van der Waals surface area contributed by atoms with Crippen LogP contribution >= 0.6 is 0 Å². The van der Waals surface area contributed by atoms with E-state index in [1.54, 1.807) is 36.4 Å². The lowest BCUT2D eigenvalue weighted by Crippen LogP contribution is -2.41. The molecule has 2 aromatic rings. The van der Waals surface area contributed by atoms with Gasteiger partial charge in [0.25, 0.3) is 0 Å². The molecule has 1 heterocycles. The number of ether oxygens (including phenoxy) is 2. The molecular formula is C22H22FNO5. The van der Waals surface area contributed by atoms with Crippen molar-refractivity contribution >= 4 is 17.7 Å². The largest absolute Gasteiger partial charge is 0.485 e. The molecule has 0 spiro atoms. The van der Waals surface area contributed by atoms with E-state index in [2.05, 4.69) is 0 Å². The highest BCUT2D eigenvalue weighted by Gasteiger charge is 2.41. The second-order valence-corrected chi connectivity index (χ2v) is 6.78. The Labute approximate surface area is 168 Å². The minimum atomic E-state index is -0.823. The molecule has 1 amide bonds. The first-order chi connectivity index (χ1) is 14.0. The fraction of sp³-hybridized carbons (Fsp3) is 0.318. The lowest BCUT2D eigenvalue weighted by molar-refractivity contribution is -0.150. The van der Waals surface area contributed by atoms with Crippen LogP contribution in [0.5, 0.6) is 5.75 Å². The Morgan fingerprint density at radius 3 is 2.41 bits per heavy atom. The Morgan fingerprint density at radius 1 is 1.03 bits per heavy atom. The highest BCUT2D eigenvalue weighted by atomic mass is 19.1. The molecule has 1 saturated heterocycles. The minimum Gasteiger partial charge on any atom is -0.485 e. The molecule has 1 fully saturated rings. The van der Waals surface area contributed by atoms with Crippen LogP contribution in [0.25, 0.3) is 0 Å². The standard InChI is InChI=1S/C22H22FNO5/c1-28-22(27)18-13-16(29-20-10-6-5-9-17(20)23)14-24(18)21(26)12-11-19(25)15-7-3-2-4-8-15/h2-10,16,18H,11-14H2,1H3/t16-,18-/m0/s1. The van der Waals surface area contributed by atoms with Crippen molar-refractivity contribution in [1.82, 2.24) is 4.90 Å². The predicted octanol–water partition coefficient (Wildman–Crippen LogP) is 3.01. The number of rotatable bonds is 7. The number of halogens is 1. The molecule has 2 aromatic carbocycles. The number of benzene rings is 2. The van der Waals surface area contributed by atoms with E-state index >= 15 is 0 Å². The number of para-hydroxylation sites is 1. The van der Waals surface area contributed by atoms with Crippen LogP contribution < -0.4 is 4.74 Å². The summed E-state index contributed by atoms with van der Waals surface area (Å²) in [4.78, 5) is 38.5. The summed E-state index contributed by atoms with van der Waals surface area (Å²) in [5.41, 5.74) is 0.534. The fourth-order valence-corrected chi connectivity index (χ4v) is 3.37. The van der Waals surface area contributed by atoms with Crippen LogP contribution in [0.1, 0.15) is 29.6 Å². The predicted molar refractivity (Wildman–Crippen MR) is 103 cm³/mol. The molecule has 3 rings (SSSR count). The average molecular weight is 399 g/mol. The summed E-state index contributed by atoms with van der Waals surface area (Å²) in [6.45, 7) is 0.118. The van der Waals surface area contributed by atoms with Crippen LogP contribution in [0.3, 0.4) is 0 Å². The topological polar surface area (TPSA) is 72.9 Å². The lowest BCUT2D eigenvalue weighted by Gasteiger charge is -2.22. The highest BCUT2D eigenvalue weighted by Crippen LogP contribution is 2.26. The number of carbonyl (C=O) groups excluding carboxylic acids is 3. The summed E-state index contributed by atoms with van der Waals surface area (Å²) < 4.78 is 24.3. The maximum atomic E-state index is 13.9. The number of esters is 1. The number of Topliss-reactive ketones (excluding diaryl/α,β-unsaturated/α-hetero) is 1. The van der Waals surface area contributed by atoms with Crippen LogP contribution in [0.4, 0.5) is 4.39 Å². The van der Waals surface area contributed by atoms with Crippen molar-refractivity contribution in [3.63, 3.8) is 0 Å². The van der Waals surface area contributed by atoms with Gasteiger partial charge >= 0.3 is 5.97 Å². The second kappa shape index (κ2) is 9.32. The number of nitrogens with zero attached hydrogens (tertiary/aromatic N) is 1. The molecule has 6 nitrogen and oxygen atoms in total. The number of methoxy groups -OCH3 is 1. The first-order valence-corrected chi connectivity index (χ1v) is 9.36. The maximum Gasteiger partial charge on any atom is 0.328 e. The van der Waals surface area contributed by atoms with E-state index in [0.717, 1.165) is 0 Å². The van der Waals surface area contributed by atoms with Crippen molar-refractivity contribution in [2.24, 2.45) is 0 Å². The van der Waals surface area contributed by atoms with Gasteiger partial charge in [-0.25, -0.2) is 9.18 Å². The summed E-state index contributed by atoms with van der Waals surface area (Å²) in [6, 6.07) is 13.8.